The van der Waals surface area contributed by atoms with Crippen LogP contribution in [0.4, 0.5) is 0 Å². The molecule has 0 saturated carbocycles. The van der Waals surface area contributed by atoms with Crippen LogP contribution < -0.4 is 0 Å². The van der Waals surface area contributed by atoms with Crippen molar-refractivity contribution in [2.45, 2.75) is 6.42 Å². The SMILES string of the molecule is Cl.O=C(CCN1CCOCC1)c1cccc2ccccc12. The number of ether oxygens (including phenoxy) is 1. The zero-order valence-corrected chi connectivity index (χ0v) is 12.8. The summed E-state index contributed by atoms with van der Waals surface area (Å²) >= 11 is 0. The van der Waals surface area contributed by atoms with Crippen LogP contribution in [0.5, 0.6) is 0 Å². The van der Waals surface area contributed by atoms with Crippen molar-refractivity contribution in [1.29, 1.82) is 0 Å². The van der Waals surface area contributed by atoms with E-state index >= 15 is 0 Å². The number of ketones is 1. The molecule has 0 radical (unpaired) electrons. The topological polar surface area (TPSA) is 29.5 Å². The third-order valence-electron chi connectivity index (χ3n) is 3.85. The minimum absolute atomic E-state index is 0. The van der Waals surface area contributed by atoms with Gasteiger partial charge in [0.05, 0.1) is 13.2 Å². The second-order valence-corrected chi connectivity index (χ2v) is 5.15. The summed E-state index contributed by atoms with van der Waals surface area (Å²) in [6, 6.07) is 14.0. The van der Waals surface area contributed by atoms with Crippen LogP contribution in [-0.2, 0) is 4.74 Å². The first kappa shape index (κ1) is 16.0. The molecule has 0 spiro atoms. The molecular weight excluding hydrogens is 286 g/mol. The molecule has 2 aromatic carbocycles. The maximum absolute atomic E-state index is 12.4. The molecule has 3 nitrogen and oxygen atoms in total. The maximum atomic E-state index is 12.4. The van der Waals surface area contributed by atoms with Gasteiger partial charge < -0.3 is 4.74 Å². The Bertz CT molecular complexity index is 603. The van der Waals surface area contributed by atoms with E-state index in [4.69, 9.17) is 4.74 Å². The Morgan fingerprint density at radius 2 is 1.76 bits per heavy atom. The summed E-state index contributed by atoms with van der Waals surface area (Å²) in [4.78, 5) is 14.7. The number of nitrogens with zero attached hydrogens (tertiary/aromatic N) is 1. The highest BCUT2D eigenvalue weighted by Gasteiger charge is 2.14. The first-order valence-electron chi connectivity index (χ1n) is 7.16. The van der Waals surface area contributed by atoms with Crippen molar-refractivity contribution in [3.63, 3.8) is 0 Å². The van der Waals surface area contributed by atoms with Gasteiger partial charge in [-0.15, -0.1) is 12.4 Å². The predicted molar refractivity (Wildman–Crippen MR) is 87.4 cm³/mol. The number of benzene rings is 2. The van der Waals surface area contributed by atoms with Crippen LogP contribution in [0, 0.1) is 0 Å². The van der Waals surface area contributed by atoms with Gasteiger partial charge >= 0.3 is 0 Å². The zero-order chi connectivity index (χ0) is 13.8. The van der Waals surface area contributed by atoms with Crippen LogP contribution in [0.25, 0.3) is 10.8 Å². The predicted octanol–water partition coefficient (Wildman–Crippen LogP) is 3.17. The second kappa shape index (κ2) is 7.55. The van der Waals surface area contributed by atoms with Crippen LogP contribution in [0.3, 0.4) is 0 Å². The molecule has 1 fully saturated rings. The Labute approximate surface area is 131 Å². The molecule has 0 unspecified atom stereocenters. The summed E-state index contributed by atoms with van der Waals surface area (Å²) < 4.78 is 5.32. The molecule has 2 aromatic rings. The van der Waals surface area contributed by atoms with Gasteiger partial charge in [-0.05, 0) is 10.8 Å². The Kier molecular flexibility index (Phi) is 5.74. The first-order chi connectivity index (χ1) is 9.84. The lowest BCUT2D eigenvalue weighted by Crippen LogP contribution is -2.37. The van der Waals surface area contributed by atoms with E-state index in [-0.39, 0.29) is 18.2 Å². The summed E-state index contributed by atoms with van der Waals surface area (Å²) in [7, 11) is 0. The highest BCUT2D eigenvalue weighted by Crippen LogP contribution is 2.20. The molecule has 1 aliphatic heterocycles. The van der Waals surface area contributed by atoms with E-state index in [0.717, 1.165) is 49.2 Å². The van der Waals surface area contributed by atoms with Crippen LogP contribution in [0.1, 0.15) is 16.8 Å². The van der Waals surface area contributed by atoms with Gasteiger partial charge in [-0.3, -0.25) is 9.69 Å². The monoisotopic (exact) mass is 305 g/mol. The smallest absolute Gasteiger partial charge is 0.164 e. The number of hydrogen-bond acceptors (Lipinski definition) is 3. The molecule has 0 bridgehead atoms. The molecule has 112 valence electrons. The third kappa shape index (κ3) is 3.82. The van der Waals surface area contributed by atoms with E-state index in [2.05, 4.69) is 4.90 Å². The minimum atomic E-state index is 0. The van der Waals surface area contributed by atoms with E-state index in [1.165, 1.54) is 0 Å². The lowest BCUT2D eigenvalue weighted by atomic mass is 10.00. The molecule has 0 aliphatic carbocycles. The van der Waals surface area contributed by atoms with Crippen LogP contribution in [0.2, 0.25) is 0 Å². The summed E-state index contributed by atoms with van der Waals surface area (Å²) in [6.45, 7) is 4.25. The van der Waals surface area contributed by atoms with E-state index in [9.17, 15) is 4.79 Å². The average Bonchev–Trinajstić information content (AvgIpc) is 2.53. The lowest BCUT2D eigenvalue weighted by Gasteiger charge is -2.26. The third-order valence-corrected chi connectivity index (χ3v) is 3.85. The molecule has 0 aromatic heterocycles. The van der Waals surface area contributed by atoms with Gasteiger partial charge in [0.15, 0.2) is 5.78 Å². The van der Waals surface area contributed by atoms with Crippen molar-refractivity contribution >= 4 is 29.0 Å². The van der Waals surface area contributed by atoms with Crippen LogP contribution in [0.15, 0.2) is 42.5 Å². The maximum Gasteiger partial charge on any atom is 0.164 e. The standard InChI is InChI=1S/C17H19NO2.ClH/c19-17(8-9-18-10-12-20-13-11-18)16-7-3-5-14-4-1-2-6-15(14)16;/h1-7H,8-13H2;1H. The van der Waals surface area contributed by atoms with Crippen molar-refractivity contribution in [1.82, 2.24) is 4.90 Å². The summed E-state index contributed by atoms with van der Waals surface area (Å²) in [5.41, 5.74) is 0.844. The zero-order valence-electron chi connectivity index (χ0n) is 12.0. The Morgan fingerprint density at radius 1 is 1.05 bits per heavy atom. The Hall–Kier alpha value is -1.42. The molecule has 3 rings (SSSR count). The number of halogens is 1. The van der Waals surface area contributed by atoms with Gasteiger partial charge in [0.1, 0.15) is 0 Å². The number of carbonyl (C=O) groups is 1. The molecule has 4 heteroatoms. The number of carbonyl (C=O) groups excluding carboxylic acids is 1. The molecule has 1 saturated heterocycles. The summed E-state index contributed by atoms with van der Waals surface area (Å²) in [6.07, 6.45) is 0.577. The molecule has 1 heterocycles. The molecule has 1 aliphatic rings. The van der Waals surface area contributed by atoms with Gasteiger partial charge in [-0.1, -0.05) is 42.5 Å². The van der Waals surface area contributed by atoms with Gasteiger partial charge in [0, 0.05) is 31.6 Å². The average molecular weight is 306 g/mol. The van der Waals surface area contributed by atoms with E-state index < -0.39 is 0 Å². The van der Waals surface area contributed by atoms with E-state index in [1.807, 2.05) is 42.5 Å². The molecule has 21 heavy (non-hydrogen) atoms. The number of Topliss-reactive ketones (excluding diaryl/α,β-unsaturated/α-hetero) is 1. The van der Waals surface area contributed by atoms with Crippen molar-refractivity contribution < 1.29 is 9.53 Å². The lowest BCUT2D eigenvalue weighted by molar-refractivity contribution is 0.0370. The normalized spacial score (nSPS) is 15.6. The van der Waals surface area contributed by atoms with Crippen LogP contribution >= 0.6 is 12.4 Å². The fourth-order valence-corrected chi connectivity index (χ4v) is 2.69. The molecule has 0 N–H and O–H groups in total. The number of morpholine rings is 1. The highest BCUT2D eigenvalue weighted by atomic mass is 35.5. The van der Waals surface area contributed by atoms with Gasteiger partial charge in [-0.25, -0.2) is 0 Å². The highest BCUT2D eigenvalue weighted by molar-refractivity contribution is 6.08. The largest absolute Gasteiger partial charge is 0.379 e. The Balaban J connectivity index is 0.00000161. The minimum Gasteiger partial charge on any atom is -0.379 e. The molecular formula is C17H20ClNO2. The van der Waals surface area contributed by atoms with Gasteiger partial charge in [-0.2, -0.15) is 0 Å². The fraction of sp³-hybridized carbons (Fsp3) is 0.353. The quantitative estimate of drug-likeness (QED) is 0.813. The molecule has 0 amide bonds. The second-order valence-electron chi connectivity index (χ2n) is 5.15. The number of rotatable bonds is 4. The van der Waals surface area contributed by atoms with E-state index in [0.29, 0.717) is 6.42 Å². The fourth-order valence-electron chi connectivity index (χ4n) is 2.69. The Morgan fingerprint density at radius 3 is 2.57 bits per heavy atom. The molecule has 0 atom stereocenters. The van der Waals surface area contributed by atoms with Crippen LogP contribution in [-0.4, -0.2) is 43.5 Å². The van der Waals surface area contributed by atoms with E-state index in [1.54, 1.807) is 0 Å². The summed E-state index contributed by atoms with van der Waals surface area (Å²) in [5, 5.41) is 2.19. The van der Waals surface area contributed by atoms with Gasteiger partial charge in [0.25, 0.3) is 0 Å². The summed E-state index contributed by atoms with van der Waals surface area (Å²) in [5.74, 6) is 0.230. The number of fused-ring (bicyclic) bond motifs is 1. The van der Waals surface area contributed by atoms with Crippen molar-refractivity contribution in [3.05, 3.63) is 48.0 Å². The van der Waals surface area contributed by atoms with Crippen molar-refractivity contribution in [2.24, 2.45) is 0 Å². The number of hydrogen-bond donors (Lipinski definition) is 0. The first-order valence-corrected chi connectivity index (χ1v) is 7.16. The van der Waals surface area contributed by atoms with Crippen molar-refractivity contribution in [3.8, 4) is 0 Å². The van der Waals surface area contributed by atoms with Gasteiger partial charge in [0.2, 0.25) is 0 Å². The van der Waals surface area contributed by atoms with Crippen molar-refractivity contribution in [2.75, 3.05) is 32.8 Å².